The zero-order valence-electron chi connectivity index (χ0n) is 16.2. The lowest BCUT2D eigenvalue weighted by Gasteiger charge is -2.13. The molecule has 1 amide bonds. The molecule has 4 rings (SSSR count). The monoisotopic (exact) mass is 447 g/mol. The molecule has 0 bridgehead atoms. The van der Waals surface area contributed by atoms with E-state index in [0.717, 1.165) is 27.2 Å². The lowest BCUT2D eigenvalue weighted by atomic mass is 9.99. The summed E-state index contributed by atoms with van der Waals surface area (Å²) in [6.45, 7) is 1.58. The number of fused-ring (bicyclic) bond motifs is 1. The van der Waals surface area contributed by atoms with Gasteiger partial charge in [0.15, 0.2) is 11.5 Å². The number of carbonyl (C=O) groups is 1. The number of amides is 1. The third-order valence-corrected chi connectivity index (χ3v) is 5.12. The molecule has 6 nitrogen and oxygen atoms in total. The Morgan fingerprint density at radius 2 is 2.03 bits per heavy atom. The largest absolute Gasteiger partial charge is 0.435 e. The molecule has 10 heteroatoms. The number of aromatic nitrogens is 4. The number of nitrogens with one attached hydrogen (secondary N) is 2. The van der Waals surface area contributed by atoms with E-state index in [4.69, 9.17) is 11.6 Å². The van der Waals surface area contributed by atoms with Crippen LogP contribution >= 0.6 is 11.6 Å². The van der Waals surface area contributed by atoms with Crippen LogP contribution in [0.3, 0.4) is 0 Å². The Labute approximate surface area is 180 Å². The Morgan fingerprint density at radius 3 is 2.77 bits per heavy atom. The average molecular weight is 448 g/mol. The predicted molar refractivity (Wildman–Crippen MR) is 110 cm³/mol. The van der Waals surface area contributed by atoms with Crippen LogP contribution < -0.4 is 5.32 Å². The number of nitrogens with zero attached hydrogens (tertiary/aromatic N) is 3. The van der Waals surface area contributed by atoms with Gasteiger partial charge in [0.2, 0.25) is 5.91 Å². The summed E-state index contributed by atoms with van der Waals surface area (Å²) in [4.78, 5) is 19.8. The van der Waals surface area contributed by atoms with Crippen molar-refractivity contribution in [2.75, 3.05) is 0 Å². The van der Waals surface area contributed by atoms with Gasteiger partial charge in [-0.25, -0.2) is 9.67 Å². The van der Waals surface area contributed by atoms with Crippen LogP contribution in [0.2, 0.25) is 5.15 Å². The first-order valence-electron chi connectivity index (χ1n) is 9.36. The third kappa shape index (κ3) is 4.41. The van der Waals surface area contributed by atoms with E-state index < -0.39 is 17.8 Å². The zero-order valence-corrected chi connectivity index (χ0v) is 17.0. The Bertz CT molecular complexity index is 1250. The Hall–Kier alpha value is -3.33. The Balaban J connectivity index is 1.56. The topological polar surface area (TPSA) is 75.6 Å². The van der Waals surface area contributed by atoms with Crippen molar-refractivity contribution in [2.45, 2.75) is 25.6 Å². The predicted octanol–water partition coefficient (Wildman–Crippen LogP) is 4.84. The summed E-state index contributed by atoms with van der Waals surface area (Å²) in [5.41, 5.74) is 0.799. The van der Waals surface area contributed by atoms with Gasteiger partial charge >= 0.3 is 6.18 Å². The van der Waals surface area contributed by atoms with E-state index in [-0.39, 0.29) is 29.1 Å². The first-order valence-corrected chi connectivity index (χ1v) is 9.74. The Morgan fingerprint density at radius 1 is 1.23 bits per heavy atom. The van der Waals surface area contributed by atoms with Gasteiger partial charge < -0.3 is 10.3 Å². The van der Waals surface area contributed by atoms with Crippen LogP contribution in [0.5, 0.6) is 0 Å². The summed E-state index contributed by atoms with van der Waals surface area (Å²) >= 11 is 5.87. The highest BCUT2D eigenvalue weighted by molar-refractivity contribution is 6.29. The summed E-state index contributed by atoms with van der Waals surface area (Å²) in [5, 5.41) is 7.40. The molecule has 3 aromatic heterocycles. The summed E-state index contributed by atoms with van der Waals surface area (Å²) < 4.78 is 40.7. The number of benzene rings is 1. The van der Waals surface area contributed by atoms with Crippen molar-refractivity contribution < 1.29 is 18.0 Å². The molecule has 1 unspecified atom stereocenters. The zero-order chi connectivity index (χ0) is 22.2. The number of carbonyl (C=O) groups excluding carboxylic acids is 1. The molecule has 1 aromatic carbocycles. The summed E-state index contributed by atoms with van der Waals surface area (Å²) in [6, 6.07) is 13.0. The molecule has 4 aromatic rings. The second kappa shape index (κ2) is 8.07. The molecule has 2 N–H and O–H groups in total. The maximum Gasteiger partial charge on any atom is 0.435 e. The number of alkyl halides is 3. The number of pyridine rings is 1. The van der Waals surface area contributed by atoms with Crippen LogP contribution in [-0.2, 0) is 17.5 Å². The highest BCUT2D eigenvalue weighted by Gasteiger charge is 2.35. The Kier molecular flexibility index (Phi) is 5.45. The standard InChI is InChI=1S/C21H17ClF3N5O/c1-12(13-5-6-16-14(9-13)7-8-26-16)20(31)27-11-15-10-17(21(23,24)25)29-30(15)19-4-2-3-18(22)28-19/h2-10,12,26H,11H2,1H3,(H,27,31). The lowest BCUT2D eigenvalue weighted by molar-refractivity contribution is -0.141. The number of hydrogen-bond donors (Lipinski definition) is 2. The smallest absolute Gasteiger partial charge is 0.361 e. The maximum atomic E-state index is 13.2. The molecule has 0 aliphatic carbocycles. The normalized spacial score (nSPS) is 12.8. The van der Waals surface area contributed by atoms with Crippen molar-refractivity contribution in [3.8, 4) is 5.82 Å². The minimum Gasteiger partial charge on any atom is -0.361 e. The van der Waals surface area contributed by atoms with Crippen LogP contribution in [0.1, 0.15) is 29.8 Å². The summed E-state index contributed by atoms with van der Waals surface area (Å²) in [5.74, 6) is -0.699. The number of hydrogen-bond acceptors (Lipinski definition) is 3. The molecule has 160 valence electrons. The minimum absolute atomic E-state index is 0.116. The van der Waals surface area contributed by atoms with Crippen molar-refractivity contribution >= 4 is 28.4 Å². The maximum absolute atomic E-state index is 13.2. The quantitative estimate of drug-likeness (QED) is 0.430. The van der Waals surface area contributed by atoms with E-state index in [1.54, 1.807) is 13.0 Å². The molecule has 0 radical (unpaired) electrons. The molecule has 0 fully saturated rings. The van der Waals surface area contributed by atoms with Gasteiger partial charge in [-0.3, -0.25) is 4.79 Å². The van der Waals surface area contributed by atoms with Gasteiger partial charge in [0, 0.05) is 11.7 Å². The lowest BCUT2D eigenvalue weighted by Crippen LogP contribution is -2.28. The van der Waals surface area contributed by atoms with Gasteiger partial charge in [-0.05, 0) is 54.3 Å². The second-order valence-electron chi connectivity index (χ2n) is 7.01. The third-order valence-electron chi connectivity index (χ3n) is 4.91. The van der Waals surface area contributed by atoms with Crippen LogP contribution in [0.4, 0.5) is 13.2 Å². The fraction of sp³-hybridized carbons (Fsp3) is 0.190. The van der Waals surface area contributed by atoms with Crippen LogP contribution in [0.15, 0.2) is 54.7 Å². The highest BCUT2D eigenvalue weighted by Crippen LogP contribution is 2.29. The first-order chi connectivity index (χ1) is 14.7. The van der Waals surface area contributed by atoms with Gasteiger partial charge in [0.25, 0.3) is 0 Å². The summed E-state index contributed by atoms with van der Waals surface area (Å²) in [7, 11) is 0. The number of rotatable bonds is 5. The van der Waals surface area contributed by atoms with E-state index in [1.165, 1.54) is 12.1 Å². The molecule has 0 spiro atoms. The molecule has 0 aliphatic rings. The molecular formula is C21H17ClF3N5O. The average Bonchev–Trinajstić information content (AvgIpc) is 3.37. The first kappa shape index (κ1) is 20.9. The van der Waals surface area contributed by atoms with Crippen molar-refractivity contribution in [1.82, 2.24) is 25.1 Å². The minimum atomic E-state index is -4.64. The number of halogens is 4. The van der Waals surface area contributed by atoms with Crippen LogP contribution in [0.25, 0.3) is 16.7 Å². The van der Waals surface area contributed by atoms with E-state index in [1.807, 2.05) is 30.5 Å². The van der Waals surface area contributed by atoms with Crippen molar-refractivity contribution in [2.24, 2.45) is 0 Å². The molecule has 3 heterocycles. The molecular weight excluding hydrogens is 431 g/mol. The van der Waals surface area contributed by atoms with Gasteiger partial charge in [0.1, 0.15) is 5.15 Å². The number of aromatic amines is 1. The second-order valence-corrected chi connectivity index (χ2v) is 7.40. The van der Waals surface area contributed by atoms with E-state index in [9.17, 15) is 18.0 Å². The molecule has 0 saturated carbocycles. The SMILES string of the molecule is CC(C(=O)NCc1cc(C(F)(F)F)nn1-c1cccc(Cl)n1)c1ccc2[nH]ccc2c1. The van der Waals surface area contributed by atoms with Crippen LogP contribution in [-0.4, -0.2) is 25.7 Å². The van der Waals surface area contributed by atoms with Crippen molar-refractivity contribution in [3.05, 3.63) is 76.8 Å². The summed E-state index contributed by atoms with van der Waals surface area (Å²) in [6.07, 6.45) is -2.83. The highest BCUT2D eigenvalue weighted by atomic mass is 35.5. The van der Waals surface area contributed by atoms with Crippen molar-refractivity contribution in [1.29, 1.82) is 0 Å². The van der Waals surface area contributed by atoms with E-state index in [2.05, 4.69) is 20.4 Å². The fourth-order valence-electron chi connectivity index (χ4n) is 3.22. The van der Waals surface area contributed by atoms with Crippen molar-refractivity contribution in [3.63, 3.8) is 0 Å². The number of H-pyrrole nitrogens is 1. The van der Waals surface area contributed by atoms with Gasteiger partial charge in [-0.2, -0.15) is 18.3 Å². The molecule has 0 saturated heterocycles. The van der Waals surface area contributed by atoms with Gasteiger partial charge in [0.05, 0.1) is 18.2 Å². The van der Waals surface area contributed by atoms with E-state index >= 15 is 0 Å². The van der Waals surface area contributed by atoms with Crippen LogP contribution in [0, 0.1) is 0 Å². The van der Waals surface area contributed by atoms with Gasteiger partial charge in [-0.15, -0.1) is 0 Å². The van der Waals surface area contributed by atoms with E-state index in [0.29, 0.717) is 0 Å². The fourth-order valence-corrected chi connectivity index (χ4v) is 3.38. The molecule has 0 aliphatic heterocycles. The molecule has 1 atom stereocenters. The molecule has 31 heavy (non-hydrogen) atoms. The van der Waals surface area contributed by atoms with Gasteiger partial charge in [-0.1, -0.05) is 23.7 Å².